The molecule has 0 radical (unpaired) electrons. The molecule has 0 aliphatic rings. The molecule has 194 valence electrons. The van der Waals surface area contributed by atoms with Crippen LogP contribution in [0.1, 0.15) is 21.5 Å². The lowest BCUT2D eigenvalue weighted by molar-refractivity contribution is 0.104. The minimum Gasteiger partial charge on any atom is -0.495 e. The molecule has 0 amide bonds. The van der Waals surface area contributed by atoms with Crippen molar-refractivity contribution in [3.63, 3.8) is 0 Å². The van der Waals surface area contributed by atoms with E-state index in [-0.39, 0.29) is 5.78 Å². The van der Waals surface area contributed by atoms with E-state index in [0.29, 0.717) is 45.7 Å². The largest absolute Gasteiger partial charge is 0.495 e. The van der Waals surface area contributed by atoms with Crippen LogP contribution in [0.3, 0.4) is 0 Å². The number of hydrogen-bond acceptors (Lipinski definition) is 8. The summed E-state index contributed by atoms with van der Waals surface area (Å²) in [5.74, 6) is 2.56. The molecule has 0 aliphatic heterocycles. The Morgan fingerprint density at radius 1 is 0.784 bits per heavy atom. The van der Waals surface area contributed by atoms with Gasteiger partial charge in [-0.1, -0.05) is 12.2 Å². The average molecular weight is 569 g/mol. The lowest BCUT2D eigenvalue weighted by Gasteiger charge is -2.13. The van der Waals surface area contributed by atoms with E-state index in [2.05, 4.69) is 21.2 Å². The van der Waals surface area contributed by atoms with Crippen LogP contribution in [0, 0.1) is 0 Å². The summed E-state index contributed by atoms with van der Waals surface area (Å²) in [5, 5.41) is 3.13. The van der Waals surface area contributed by atoms with Crippen LogP contribution in [0.4, 0.5) is 11.4 Å². The standard InChI is InChI=1S/C28H29BrN2O6/c1-33-24-9-8-19(16-21(24)30)23(32)10-11-31-22-13-17(12-20(29)27(22)36-4)6-7-18-14-25(34-2)28(37-5)26(15-18)35-3/h6-16,31H,30H2,1-5H3/b7-6-,11-10-. The van der Waals surface area contributed by atoms with Crippen LogP contribution < -0.4 is 34.7 Å². The molecule has 0 aromatic heterocycles. The first-order valence-electron chi connectivity index (χ1n) is 11.1. The third-order valence-electron chi connectivity index (χ3n) is 5.41. The number of halogens is 1. The molecule has 0 saturated carbocycles. The molecule has 3 aromatic rings. The number of rotatable bonds is 11. The van der Waals surface area contributed by atoms with Crippen molar-refractivity contribution >= 4 is 45.2 Å². The van der Waals surface area contributed by atoms with Crippen molar-refractivity contribution in [2.75, 3.05) is 46.6 Å². The predicted molar refractivity (Wildman–Crippen MR) is 150 cm³/mol. The Morgan fingerprint density at radius 2 is 1.38 bits per heavy atom. The number of carbonyl (C=O) groups is 1. The van der Waals surface area contributed by atoms with Gasteiger partial charge in [0.2, 0.25) is 5.75 Å². The van der Waals surface area contributed by atoms with Gasteiger partial charge in [0.15, 0.2) is 23.0 Å². The third-order valence-corrected chi connectivity index (χ3v) is 6.00. The topological polar surface area (TPSA) is 101 Å². The highest BCUT2D eigenvalue weighted by molar-refractivity contribution is 9.10. The van der Waals surface area contributed by atoms with Crippen molar-refractivity contribution in [3.8, 4) is 28.7 Å². The Balaban J connectivity index is 1.84. The van der Waals surface area contributed by atoms with E-state index in [9.17, 15) is 4.79 Å². The normalized spacial score (nSPS) is 11.0. The highest BCUT2D eigenvalue weighted by Gasteiger charge is 2.13. The van der Waals surface area contributed by atoms with Gasteiger partial charge in [-0.05, 0) is 69.5 Å². The van der Waals surface area contributed by atoms with E-state index >= 15 is 0 Å². The zero-order valence-corrected chi connectivity index (χ0v) is 22.8. The van der Waals surface area contributed by atoms with Crippen LogP contribution in [-0.4, -0.2) is 41.3 Å². The molecule has 0 unspecified atom stereocenters. The lowest BCUT2D eigenvalue weighted by atomic mass is 10.1. The van der Waals surface area contributed by atoms with Crippen molar-refractivity contribution in [2.24, 2.45) is 0 Å². The minimum atomic E-state index is -0.210. The third kappa shape index (κ3) is 6.56. The van der Waals surface area contributed by atoms with Crippen molar-refractivity contribution < 1.29 is 28.5 Å². The molecule has 9 heteroatoms. The molecule has 0 heterocycles. The van der Waals surface area contributed by atoms with Crippen LogP contribution in [0.15, 0.2) is 59.2 Å². The average Bonchev–Trinajstić information content (AvgIpc) is 2.90. The molecular weight excluding hydrogens is 540 g/mol. The van der Waals surface area contributed by atoms with Gasteiger partial charge in [0.05, 0.1) is 51.4 Å². The Hall–Kier alpha value is -4.11. The van der Waals surface area contributed by atoms with Gasteiger partial charge >= 0.3 is 0 Å². The molecule has 0 spiro atoms. The Kier molecular flexibility index (Phi) is 9.45. The Bertz CT molecular complexity index is 1310. The van der Waals surface area contributed by atoms with Crippen molar-refractivity contribution in [2.45, 2.75) is 0 Å². The quantitative estimate of drug-likeness (QED) is 0.125. The summed E-state index contributed by atoms with van der Waals surface area (Å²) in [6.07, 6.45) is 6.84. The molecule has 0 saturated heterocycles. The van der Waals surface area contributed by atoms with Gasteiger partial charge in [0, 0.05) is 17.8 Å². The Labute approximate surface area is 224 Å². The van der Waals surface area contributed by atoms with Gasteiger partial charge in [-0.25, -0.2) is 0 Å². The van der Waals surface area contributed by atoms with Gasteiger partial charge in [0.25, 0.3) is 0 Å². The van der Waals surface area contributed by atoms with Crippen molar-refractivity contribution in [3.05, 3.63) is 75.9 Å². The summed E-state index contributed by atoms with van der Waals surface area (Å²) in [7, 11) is 7.81. The van der Waals surface area contributed by atoms with Gasteiger partial charge in [-0.15, -0.1) is 0 Å². The molecule has 0 bridgehead atoms. The number of anilines is 2. The first-order chi connectivity index (χ1) is 17.8. The molecule has 3 aromatic carbocycles. The number of carbonyl (C=O) groups excluding carboxylic acids is 1. The second-order valence-electron chi connectivity index (χ2n) is 7.67. The zero-order valence-electron chi connectivity index (χ0n) is 21.3. The maximum atomic E-state index is 12.6. The maximum Gasteiger partial charge on any atom is 0.203 e. The number of nitrogens with two attached hydrogens (primary N) is 1. The molecule has 8 nitrogen and oxygen atoms in total. The monoisotopic (exact) mass is 568 g/mol. The summed E-state index contributed by atoms with van der Waals surface area (Å²) < 4.78 is 27.7. The van der Waals surface area contributed by atoms with E-state index in [1.54, 1.807) is 52.8 Å². The van der Waals surface area contributed by atoms with Gasteiger partial charge in [-0.2, -0.15) is 0 Å². The molecule has 0 atom stereocenters. The number of benzene rings is 3. The number of hydrogen-bond donors (Lipinski definition) is 2. The summed E-state index contributed by atoms with van der Waals surface area (Å²) in [6, 6.07) is 12.4. The number of ketones is 1. The lowest BCUT2D eigenvalue weighted by Crippen LogP contribution is -2.00. The molecule has 37 heavy (non-hydrogen) atoms. The minimum absolute atomic E-state index is 0.210. The molecule has 0 aliphatic carbocycles. The van der Waals surface area contributed by atoms with Crippen LogP contribution in [0.25, 0.3) is 12.2 Å². The first kappa shape index (κ1) is 27.5. The van der Waals surface area contributed by atoms with Gasteiger partial charge < -0.3 is 34.7 Å². The van der Waals surface area contributed by atoms with Crippen LogP contribution in [0.5, 0.6) is 28.7 Å². The molecule has 0 fully saturated rings. The van der Waals surface area contributed by atoms with Gasteiger partial charge in [0.1, 0.15) is 5.75 Å². The Morgan fingerprint density at radius 3 is 1.92 bits per heavy atom. The smallest absolute Gasteiger partial charge is 0.203 e. The number of methoxy groups -OCH3 is 5. The summed E-state index contributed by atoms with van der Waals surface area (Å²) in [5.41, 5.74) is 9.17. The zero-order chi connectivity index (χ0) is 26.9. The first-order valence-corrected chi connectivity index (χ1v) is 11.9. The highest BCUT2D eigenvalue weighted by atomic mass is 79.9. The van der Waals surface area contributed by atoms with E-state index in [1.807, 2.05) is 36.4 Å². The molecule has 3 N–H and O–H groups in total. The fraction of sp³-hybridized carbons (Fsp3) is 0.179. The fourth-order valence-corrected chi connectivity index (χ4v) is 4.25. The fourth-order valence-electron chi connectivity index (χ4n) is 3.61. The molecular formula is C28H29BrN2O6. The van der Waals surface area contributed by atoms with Crippen molar-refractivity contribution in [1.29, 1.82) is 0 Å². The van der Waals surface area contributed by atoms with E-state index in [0.717, 1.165) is 15.6 Å². The summed E-state index contributed by atoms with van der Waals surface area (Å²) in [4.78, 5) is 12.6. The summed E-state index contributed by atoms with van der Waals surface area (Å²) >= 11 is 3.56. The van der Waals surface area contributed by atoms with Crippen LogP contribution in [0.2, 0.25) is 0 Å². The number of nitrogen functional groups attached to an aromatic ring is 1. The second kappa shape index (κ2) is 12.7. The van der Waals surface area contributed by atoms with E-state index < -0.39 is 0 Å². The van der Waals surface area contributed by atoms with Gasteiger partial charge in [-0.3, -0.25) is 4.79 Å². The summed E-state index contributed by atoms with van der Waals surface area (Å²) in [6.45, 7) is 0. The highest BCUT2D eigenvalue weighted by Crippen LogP contribution is 2.39. The second-order valence-corrected chi connectivity index (χ2v) is 8.53. The van der Waals surface area contributed by atoms with E-state index in [4.69, 9.17) is 29.4 Å². The van der Waals surface area contributed by atoms with E-state index in [1.165, 1.54) is 13.2 Å². The predicted octanol–water partition coefficient (Wildman–Crippen LogP) is 6.05. The van der Waals surface area contributed by atoms with Crippen LogP contribution in [-0.2, 0) is 0 Å². The number of allylic oxidation sites excluding steroid dienone is 1. The SMILES string of the molecule is COc1ccc(C(=O)/C=C\Nc2cc(/C=C\c3cc(OC)c(OC)c(OC)c3)cc(Br)c2OC)cc1N. The number of nitrogens with one attached hydrogen (secondary N) is 1. The maximum absolute atomic E-state index is 12.6. The van der Waals surface area contributed by atoms with Crippen molar-refractivity contribution in [1.82, 2.24) is 0 Å². The molecule has 3 rings (SSSR count). The van der Waals surface area contributed by atoms with Crippen LogP contribution >= 0.6 is 15.9 Å². The number of ether oxygens (including phenoxy) is 5.